The SMILES string of the molecule is CC(Oc1ccc(Cl)cc1Cl)C(=O)N/N=C/c1cccc(C(F)(F)F)c1. The van der Waals surface area contributed by atoms with E-state index in [2.05, 4.69) is 10.5 Å². The Morgan fingerprint density at radius 2 is 1.96 bits per heavy atom. The number of hydrazone groups is 1. The van der Waals surface area contributed by atoms with E-state index in [1.54, 1.807) is 6.07 Å². The van der Waals surface area contributed by atoms with Gasteiger partial charge in [-0.05, 0) is 42.8 Å². The van der Waals surface area contributed by atoms with Crippen LogP contribution in [0.4, 0.5) is 13.2 Å². The molecule has 0 heterocycles. The van der Waals surface area contributed by atoms with Crippen LogP contribution in [0.5, 0.6) is 5.75 Å². The quantitative estimate of drug-likeness (QED) is 0.567. The summed E-state index contributed by atoms with van der Waals surface area (Å²) in [5, 5.41) is 4.30. The molecular formula is C17H13Cl2F3N2O2. The van der Waals surface area contributed by atoms with Crippen LogP contribution in [0.2, 0.25) is 10.0 Å². The number of benzene rings is 2. The number of nitrogens with one attached hydrogen (secondary N) is 1. The van der Waals surface area contributed by atoms with E-state index in [0.29, 0.717) is 5.02 Å². The number of carbonyl (C=O) groups excluding carboxylic acids is 1. The zero-order chi connectivity index (χ0) is 19.3. The largest absolute Gasteiger partial charge is 0.479 e. The minimum absolute atomic E-state index is 0.189. The lowest BCUT2D eigenvalue weighted by atomic mass is 10.1. The Hall–Kier alpha value is -2.25. The zero-order valence-corrected chi connectivity index (χ0v) is 14.9. The van der Waals surface area contributed by atoms with Crippen molar-refractivity contribution < 1.29 is 22.7 Å². The molecule has 26 heavy (non-hydrogen) atoms. The van der Waals surface area contributed by atoms with Crippen LogP contribution in [-0.2, 0) is 11.0 Å². The van der Waals surface area contributed by atoms with Crippen LogP contribution < -0.4 is 10.2 Å². The van der Waals surface area contributed by atoms with Gasteiger partial charge in [-0.3, -0.25) is 4.79 Å². The van der Waals surface area contributed by atoms with Crippen LogP contribution >= 0.6 is 23.2 Å². The highest BCUT2D eigenvalue weighted by molar-refractivity contribution is 6.35. The average molecular weight is 405 g/mol. The summed E-state index contributed by atoms with van der Waals surface area (Å²) in [5.41, 5.74) is 1.58. The number of hydrogen-bond acceptors (Lipinski definition) is 3. The summed E-state index contributed by atoms with van der Waals surface area (Å²) in [4.78, 5) is 11.9. The van der Waals surface area contributed by atoms with Gasteiger partial charge in [-0.25, -0.2) is 5.43 Å². The van der Waals surface area contributed by atoms with E-state index in [-0.39, 0.29) is 16.3 Å². The molecule has 0 bridgehead atoms. The first-order valence-corrected chi connectivity index (χ1v) is 8.04. The molecule has 2 rings (SSSR count). The maximum atomic E-state index is 12.6. The summed E-state index contributed by atoms with van der Waals surface area (Å²) in [5.74, 6) is -0.334. The van der Waals surface area contributed by atoms with Crippen molar-refractivity contribution in [3.63, 3.8) is 0 Å². The van der Waals surface area contributed by atoms with Crippen LogP contribution in [0.15, 0.2) is 47.6 Å². The molecular weight excluding hydrogens is 392 g/mol. The molecule has 0 spiro atoms. The van der Waals surface area contributed by atoms with Crippen molar-refractivity contribution in [2.75, 3.05) is 0 Å². The zero-order valence-electron chi connectivity index (χ0n) is 13.3. The first-order chi connectivity index (χ1) is 12.2. The van der Waals surface area contributed by atoms with Gasteiger partial charge in [0.2, 0.25) is 0 Å². The fourth-order valence-electron chi connectivity index (χ4n) is 1.87. The maximum absolute atomic E-state index is 12.6. The Bertz CT molecular complexity index is 826. The first kappa shape index (κ1) is 20.1. The van der Waals surface area contributed by atoms with Gasteiger partial charge >= 0.3 is 6.18 Å². The van der Waals surface area contributed by atoms with E-state index in [0.717, 1.165) is 18.3 Å². The van der Waals surface area contributed by atoms with Crippen molar-refractivity contribution >= 4 is 35.3 Å². The van der Waals surface area contributed by atoms with Gasteiger partial charge in [-0.1, -0.05) is 35.3 Å². The molecule has 1 amide bonds. The lowest BCUT2D eigenvalue weighted by molar-refractivity contribution is -0.137. The number of alkyl halides is 3. The molecule has 1 atom stereocenters. The van der Waals surface area contributed by atoms with Gasteiger partial charge in [0.25, 0.3) is 5.91 Å². The van der Waals surface area contributed by atoms with E-state index in [4.69, 9.17) is 27.9 Å². The van der Waals surface area contributed by atoms with Gasteiger partial charge in [0, 0.05) is 5.02 Å². The summed E-state index contributed by atoms with van der Waals surface area (Å²) in [6.45, 7) is 1.47. The van der Waals surface area contributed by atoms with E-state index in [9.17, 15) is 18.0 Å². The highest BCUT2D eigenvalue weighted by Crippen LogP contribution is 2.29. The third kappa shape index (κ3) is 5.64. The summed E-state index contributed by atoms with van der Waals surface area (Å²) in [6.07, 6.45) is -4.28. The lowest BCUT2D eigenvalue weighted by Gasteiger charge is -2.14. The Labute approximate surface area is 157 Å². The fourth-order valence-corrected chi connectivity index (χ4v) is 2.32. The van der Waals surface area contributed by atoms with E-state index in [1.165, 1.54) is 31.2 Å². The second-order valence-corrected chi connectivity index (χ2v) is 6.04. The van der Waals surface area contributed by atoms with Gasteiger partial charge in [-0.15, -0.1) is 0 Å². The van der Waals surface area contributed by atoms with Crippen LogP contribution in [-0.4, -0.2) is 18.2 Å². The monoisotopic (exact) mass is 404 g/mol. The molecule has 0 radical (unpaired) electrons. The van der Waals surface area contributed by atoms with Gasteiger partial charge in [0.15, 0.2) is 6.10 Å². The Morgan fingerprint density at radius 3 is 2.62 bits per heavy atom. The number of carbonyl (C=O) groups is 1. The van der Waals surface area contributed by atoms with Crippen molar-refractivity contribution in [2.45, 2.75) is 19.2 Å². The number of nitrogens with zero attached hydrogens (tertiary/aromatic N) is 1. The van der Waals surface area contributed by atoms with Crippen LogP contribution in [0.25, 0.3) is 0 Å². The first-order valence-electron chi connectivity index (χ1n) is 7.28. The minimum atomic E-state index is -4.45. The maximum Gasteiger partial charge on any atom is 0.416 e. The van der Waals surface area contributed by atoms with Crippen LogP contribution in [0.3, 0.4) is 0 Å². The van der Waals surface area contributed by atoms with Crippen molar-refractivity contribution in [1.29, 1.82) is 0 Å². The second-order valence-electron chi connectivity index (χ2n) is 5.19. The van der Waals surface area contributed by atoms with Crippen molar-refractivity contribution in [1.82, 2.24) is 5.43 Å². The Morgan fingerprint density at radius 1 is 1.23 bits per heavy atom. The van der Waals surface area contributed by atoms with Gasteiger partial charge in [0.05, 0.1) is 16.8 Å². The van der Waals surface area contributed by atoms with E-state index < -0.39 is 23.8 Å². The lowest BCUT2D eigenvalue weighted by Crippen LogP contribution is -2.33. The molecule has 4 nitrogen and oxygen atoms in total. The third-order valence-electron chi connectivity index (χ3n) is 3.17. The Balaban J connectivity index is 1.96. The van der Waals surface area contributed by atoms with Crippen LogP contribution in [0.1, 0.15) is 18.1 Å². The molecule has 9 heteroatoms. The molecule has 2 aromatic carbocycles. The van der Waals surface area contributed by atoms with Crippen molar-refractivity contribution in [3.8, 4) is 5.75 Å². The molecule has 1 N–H and O–H groups in total. The molecule has 0 aromatic heterocycles. The molecule has 0 saturated heterocycles. The summed E-state index contributed by atoms with van der Waals surface area (Å²) in [6, 6.07) is 9.08. The molecule has 0 aliphatic carbocycles. The minimum Gasteiger partial charge on any atom is -0.479 e. The van der Waals surface area contributed by atoms with Gasteiger partial charge in [0.1, 0.15) is 5.75 Å². The average Bonchev–Trinajstić information content (AvgIpc) is 2.56. The summed E-state index contributed by atoms with van der Waals surface area (Å²) < 4.78 is 43.3. The smallest absolute Gasteiger partial charge is 0.416 e. The molecule has 2 aromatic rings. The number of halogens is 5. The number of amides is 1. The topological polar surface area (TPSA) is 50.7 Å². The summed E-state index contributed by atoms with van der Waals surface area (Å²) in [7, 11) is 0. The fraction of sp³-hybridized carbons (Fsp3) is 0.176. The van der Waals surface area contributed by atoms with Crippen molar-refractivity contribution in [3.05, 3.63) is 63.6 Å². The molecule has 1 unspecified atom stereocenters. The van der Waals surface area contributed by atoms with E-state index in [1.807, 2.05) is 0 Å². The highest BCUT2D eigenvalue weighted by atomic mass is 35.5. The van der Waals surface area contributed by atoms with E-state index >= 15 is 0 Å². The normalized spacial score (nSPS) is 12.8. The van der Waals surface area contributed by atoms with Crippen molar-refractivity contribution in [2.24, 2.45) is 5.10 Å². The number of ether oxygens (including phenoxy) is 1. The standard InChI is InChI=1S/C17H13Cl2F3N2O2/c1-10(26-15-6-5-13(18)8-14(15)19)16(25)24-23-9-11-3-2-4-12(7-11)17(20,21)22/h2-10H,1H3,(H,24,25)/b23-9+. The number of hydrogen-bond donors (Lipinski definition) is 1. The Kier molecular flexibility index (Phi) is 6.50. The molecule has 138 valence electrons. The molecule has 0 fully saturated rings. The molecule has 0 saturated carbocycles. The number of rotatable bonds is 5. The predicted molar refractivity (Wildman–Crippen MR) is 93.7 cm³/mol. The highest BCUT2D eigenvalue weighted by Gasteiger charge is 2.30. The molecule has 0 aliphatic rings. The van der Waals surface area contributed by atoms with Crippen LogP contribution in [0, 0.1) is 0 Å². The second kappa shape index (κ2) is 8.42. The molecule has 0 aliphatic heterocycles. The predicted octanol–water partition coefficient (Wildman–Crippen LogP) is 4.93. The summed E-state index contributed by atoms with van der Waals surface area (Å²) >= 11 is 11.7. The third-order valence-corrected chi connectivity index (χ3v) is 3.70. The van der Waals surface area contributed by atoms with Gasteiger partial charge in [-0.2, -0.15) is 18.3 Å². The van der Waals surface area contributed by atoms with Gasteiger partial charge < -0.3 is 4.74 Å².